The minimum absolute atomic E-state index is 0.156. The maximum absolute atomic E-state index is 12.9. The zero-order valence-electron chi connectivity index (χ0n) is 6.40. The standard InChI is InChI=1S/C9H10ClF/c1-2-3-7-6-8(10)4-5-9(7)11/h4-6H,2-3H2,1H3. The summed E-state index contributed by atoms with van der Waals surface area (Å²) >= 11 is 5.69. The summed E-state index contributed by atoms with van der Waals surface area (Å²) in [6, 6.07) is 4.66. The van der Waals surface area contributed by atoms with Crippen LogP contribution >= 0.6 is 11.6 Å². The van der Waals surface area contributed by atoms with Gasteiger partial charge in [-0.1, -0.05) is 24.9 Å². The third-order valence-electron chi connectivity index (χ3n) is 1.53. The Labute approximate surface area is 71.0 Å². The summed E-state index contributed by atoms with van der Waals surface area (Å²) in [6.45, 7) is 2.01. The van der Waals surface area contributed by atoms with E-state index in [4.69, 9.17) is 11.6 Å². The molecule has 2 heteroatoms. The van der Waals surface area contributed by atoms with Gasteiger partial charge in [0.15, 0.2) is 0 Å². The molecule has 0 aliphatic carbocycles. The van der Waals surface area contributed by atoms with Gasteiger partial charge in [0.2, 0.25) is 0 Å². The molecule has 0 saturated carbocycles. The smallest absolute Gasteiger partial charge is 0.126 e. The second-order valence-electron chi connectivity index (χ2n) is 2.49. The predicted molar refractivity (Wildman–Crippen MR) is 45.4 cm³/mol. The summed E-state index contributed by atoms with van der Waals surface area (Å²) < 4.78 is 12.9. The lowest BCUT2D eigenvalue weighted by Crippen LogP contribution is -1.88. The van der Waals surface area contributed by atoms with Crippen LogP contribution in [0.15, 0.2) is 18.2 Å². The van der Waals surface area contributed by atoms with E-state index in [9.17, 15) is 4.39 Å². The van der Waals surface area contributed by atoms with Crippen LogP contribution in [0.1, 0.15) is 18.9 Å². The van der Waals surface area contributed by atoms with Crippen molar-refractivity contribution in [2.45, 2.75) is 19.8 Å². The third kappa shape index (κ3) is 2.19. The fourth-order valence-electron chi connectivity index (χ4n) is 1.00. The maximum Gasteiger partial charge on any atom is 0.126 e. The molecule has 0 nitrogen and oxygen atoms in total. The Kier molecular flexibility index (Phi) is 2.89. The van der Waals surface area contributed by atoms with Crippen LogP contribution in [0, 0.1) is 5.82 Å². The summed E-state index contributed by atoms with van der Waals surface area (Å²) in [6.07, 6.45) is 1.70. The zero-order chi connectivity index (χ0) is 8.27. The van der Waals surface area contributed by atoms with E-state index in [1.807, 2.05) is 6.92 Å². The zero-order valence-corrected chi connectivity index (χ0v) is 7.16. The Morgan fingerprint density at radius 2 is 2.18 bits per heavy atom. The van der Waals surface area contributed by atoms with Crippen molar-refractivity contribution in [3.8, 4) is 0 Å². The van der Waals surface area contributed by atoms with Gasteiger partial charge < -0.3 is 0 Å². The SMILES string of the molecule is CCCc1cc(Cl)ccc1F. The lowest BCUT2D eigenvalue weighted by atomic mass is 10.1. The molecule has 1 aromatic carbocycles. The number of rotatable bonds is 2. The molecule has 0 aliphatic heterocycles. The van der Waals surface area contributed by atoms with E-state index in [-0.39, 0.29) is 5.82 Å². The number of hydrogen-bond donors (Lipinski definition) is 0. The normalized spacial score (nSPS) is 10.1. The highest BCUT2D eigenvalue weighted by atomic mass is 35.5. The molecule has 0 unspecified atom stereocenters. The first kappa shape index (κ1) is 8.54. The summed E-state index contributed by atoms with van der Waals surface area (Å²) in [5.74, 6) is -0.156. The first-order valence-electron chi connectivity index (χ1n) is 3.68. The van der Waals surface area contributed by atoms with Crippen LogP contribution in [0.25, 0.3) is 0 Å². The van der Waals surface area contributed by atoms with Gasteiger partial charge in [-0.25, -0.2) is 4.39 Å². The van der Waals surface area contributed by atoms with Crippen LogP contribution in [0.2, 0.25) is 5.02 Å². The van der Waals surface area contributed by atoms with Gasteiger partial charge in [0, 0.05) is 5.02 Å². The molecule has 0 atom stereocenters. The highest BCUT2D eigenvalue weighted by Crippen LogP contribution is 2.15. The Bertz CT molecular complexity index is 245. The largest absolute Gasteiger partial charge is 0.207 e. The minimum atomic E-state index is -0.156. The molecule has 0 aliphatic rings. The van der Waals surface area contributed by atoms with Crippen molar-refractivity contribution in [3.05, 3.63) is 34.6 Å². The Hall–Kier alpha value is -0.560. The van der Waals surface area contributed by atoms with Crippen LogP contribution in [0.5, 0.6) is 0 Å². The molecule has 0 amide bonds. The molecular formula is C9H10ClF. The Balaban J connectivity index is 2.93. The van der Waals surface area contributed by atoms with Crippen molar-refractivity contribution in [2.75, 3.05) is 0 Å². The van der Waals surface area contributed by atoms with E-state index in [0.29, 0.717) is 10.6 Å². The van der Waals surface area contributed by atoms with Crippen molar-refractivity contribution in [1.29, 1.82) is 0 Å². The van der Waals surface area contributed by atoms with Gasteiger partial charge in [0.05, 0.1) is 0 Å². The molecule has 1 rings (SSSR count). The van der Waals surface area contributed by atoms with Crippen LogP contribution in [-0.2, 0) is 6.42 Å². The first-order chi connectivity index (χ1) is 5.24. The summed E-state index contributed by atoms with van der Waals surface area (Å²) in [7, 11) is 0. The van der Waals surface area contributed by atoms with E-state index >= 15 is 0 Å². The number of benzene rings is 1. The molecule has 0 heterocycles. The van der Waals surface area contributed by atoms with Gasteiger partial charge in [-0.15, -0.1) is 0 Å². The first-order valence-corrected chi connectivity index (χ1v) is 4.05. The lowest BCUT2D eigenvalue weighted by Gasteiger charge is -2.00. The van der Waals surface area contributed by atoms with Crippen molar-refractivity contribution in [3.63, 3.8) is 0 Å². The molecule has 11 heavy (non-hydrogen) atoms. The number of halogens is 2. The van der Waals surface area contributed by atoms with E-state index in [1.165, 1.54) is 6.07 Å². The van der Waals surface area contributed by atoms with E-state index in [2.05, 4.69) is 0 Å². The summed E-state index contributed by atoms with van der Waals surface area (Å²) in [5.41, 5.74) is 0.708. The molecule has 0 fully saturated rings. The highest BCUT2D eigenvalue weighted by Gasteiger charge is 2.00. The second kappa shape index (κ2) is 3.72. The van der Waals surface area contributed by atoms with Crippen molar-refractivity contribution < 1.29 is 4.39 Å². The van der Waals surface area contributed by atoms with Gasteiger partial charge in [-0.05, 0) is 30.2 Å². The monoisotopic (exact) mass is 172 g/mol. The average Bonchev–Trinajstić information content (AvgIpc) is 1.98. The molecule has 0 N–H and O–H groups in total. The minimum Gasteiger partial charge on any atom is -0.207 e. The van der Waals surface area contributed by atoms with Crippen molar-refractivity contribution >= 4 is 11.6 Å². The van der Waals surface area contributed by atoms with Crippen molar-refractivity contribution in [2.24, 2.45) is 0 Å². The van der Waals surface area contributed by atoms with Crippen LogP contribution < -0.4 is 0 Å². The molecule has 0 aromatic heterocycles. The number of aryl methyl sites for hydroxylation is 1. The lowest BCUT2D eigenvalue weighted by molar-refractivity contribution is 0.607. The Morgan fingerprint density at radius 1 is 1.45 bits per heavy atom. The predicted octanol–water partition coefficient (Wildman–Crippen LogP) is 3.43. The average molecular weight is 173 g/mol. The van der Waals surface area contributed by atoms with Crippen LogP contribution in [0.4, 0.5) is 4.39 Å². The molecule has 60 valence electrons. The maximum atomic E-state index is 12.9. The highest BCUT2D eigenvalue weighted by molar-refractivity contribution is 6.30. The third-order valence-corrected chi connectivity index (χ3v) is 1.76. The summed E-state index contributed by atoms with van der Waals surface area (Å²) in [5, 5.41) is 0.606. The van der Waals surface area contributed by atoms with Crippen LogP contribution in [-0.4, -0.2) is 0 Å². The van der Waals surface area contributed by atoms with Gasteiger partial charge in [0.1, 0.15) is 5.82 Å². The topological polar surface area (TPSA) is 0 Å². The Morgan fingerprint density at radius 3 is 2.82 bits per heavy atom. The molecule has 0 bridgehead atoms. The van der Waals surface area contributed by atoms with Crippen molar-refractivity contribution in [1.82, 2.24) is 0 Å². The molecule has 0 saturated heterocycles. The summed E-state index contributed by atoms with van der Waals surface area (Å²) in [4.78, 5) is 0. The fourth-order valence-corrected chi connectivity index (χ4v) is 1.20. The second-order valence-corrected chi connectivity index (χ2v) is 2.92. The molecular weight excluding hydrogens is 163 g/mol. The molecule has 0 spiro atoms. The molecule has 1 aromatic rings. The van der Waals surface area contributed by atoms with E-state index < -0.39 is 0 Å². The molecule has 0 radical (unpaired) electrons. The van der Waals surface area contributed by atoms with Gasteiger partial charge in [0.25, 0.3) is 0 Å². The van der Waals surface area contributed by atoms with Gasteiger partial charge in [-0.3, -0.25) is 0 Å². The number of hydrogen-bond acceptors (Lipinski definition) is 0. The van der Waals surface area contributed by atoms with E-state index in [0.717, 1.165) is 12.8 Å². The van der Waals surface area contributed by atoms with E-state index in [1.54, 1.807) is 12.1 Å². The van der Waals surface area contributed by atoms with Gasteiger partial charge >= 0.3 is 0 Å². The quantitative estimate of drug-likeness (QED) is 0.641. The van der Waals surface area contributed by atoms with Gasteiger partial charge in [-0.2, -0.15) is 0 Å². The van der Waals surface area contributed by atoms with Crippen LogP contribution in [0.3, 0.4) is 0 Å². The fraction of sp³-hybridized carbons (Fsp3) is 0.333.